The summed E-state index contributed by atoms with van der Waals surface area (Å²) in [5.41, 5.74) is 0.430. The third-order valence-electron chi connectivity index (χ3n) is 1.67. The monoisotopic (exact) mass is 298 g/mol. The predicted octanol–water partition coefficient (Wildman–Crippen LogP) is 3.79. The van der Waals surface area contributed by atoms with Crippen molar-refractivity contribution in [1.82, 2.24) is 4.98 Å². The zero-order chi connectivity index (χ0) is 12.9. The first-order valence-electron chi connectivity index (χ1n) is 5.13. The highest BCUT2D eigenvalue weighted by molar-refractivity contribution is 9.11. The van der Waals surface area contributed by atoms with E-state index >= 15 is 0 Å². The minimum Gasteiger partial charge on any atom is -0.444 e. The van der Waals surface area contributed by atoms with Crippen LogP contribution in [-0.2, 0) is 4.74 Å². The van der Waals surface area contributed by atoms with Crippen LogP contribution in [0.5, 0.6) is 0 Å². The molecule has 1 aromatic rings. The van der Waals surface area contributed by atoms with E-state index in [0.717, 1.165) is 5.56 Å². The molecule has 0 atom stereocenters. The number of hydrogen-bond donors (Lipinski definition) is 1. The Morgan fingerprint density at radius 2 is 2.18 bits per heavy atom. The van der Waals surface area contributed by atoms with Crippen LogP contribution in [0.15, 0.2) is 23.3 Å². The van der Waals surface area contributed by atoms with Crippen LogP contribution < -0.4 is 5.32 Å². The van der Waals surface area contributed by atoms with Crippen molar-refractivity contribution in [2.45, 2.75) is 26.4 Å². The highest BCUT2D eigenvalue weighted by atomic mass is 79.9. The number of aromatic nitrogens is 1. The molecule has 0 aliphatic rings. The number of pyridine rings is 1. The molecule has 1 rings (SSSR count). The van der Waals surface area contributed by atoms with Crippen molar-refractivity contribution in [3.8, 4) is 0 Å². The van der Waals surface area contributed by atoms with Crippen molar-refractivity contribution >= 4 is 33.9 Å². The molecule has 17 heavy (non-hydrogen) atoms. The maximum atomic E-state index is 11.4. The number of carbonyl (C=O) groups excluding carboxylic acids is 1. The quantitative estimate of drug-likeness (QED) is 0.903. The van der Waals surface area contributed by atoms with Crippen molar-refractivity contribution < 1.29 is 9.53 Å². The molecule has 1 N–H and O–H groups in total. The summed E-state index contributed by atoms with van der Waals surface area (Å²) in [6.45, 7) is 5.43. The van der Waals surface area contributed by atoms with Gasteiger partial charge in [0.2, 0.25) is 0 Å². The second-order valence-corrected chi connectivity index (χ2v) is 4.92. The van der Waals surface area contributed by atoms with Gasteiger partial charge < -0.3 is 4.74 Å². The van der Waals surface area contributed by atoms with Gasteiger partial charge >= 0.3 is 6.09 Å². The van der Waals surface area contributed by atoms with Crippen molar-refractivity contribution in [3.05, 3.63) is 28.9 Å². The summed E-state index contributed by atoms with van der Waals surface area (Å²) >= 11 is 3.18. The molecule has 0 unspecified atom stereocenters. The van der Waals surface area contributed by atoms with E-state index in [1.54, 1.807) is 17.2 Å². The SMILES string of the molecule is CC(C)(C)OC(=O)Nc1ccc(/C=C/Br)cn1. The molecular weight excluding hydrogens is 284 g/mol. The molecule has 0 aromatic carbocycles. The first kappa shape index (κ1) is 13.7. The molecule has 0 bridgehead atoms. The third kappa shape index (κ3) is 5.49. The first-order valence-corrected chi connectivity index (χ1v) is 6.05. The first-order chi connectivity index (χ1) is 7.90. The molecule has 0 spiro atoms. The smallest absolute Gasteiger partial charge is 0.413 e. The Morgan fingerprint density at radius 3 is 2.65 bits per heavy atom. The number of halogens is 1. The fourth-order valence-electron chi connectivity index (χ4n) is 1.06. The van der Waals surface area contributed by atoms with Crippen molar-refractivity contribution in [1.29, 1.82) is 0 Å². The number of amides is 1. The minimum atomic E-state index is -0.511. The van der Waals surface area contributed by atoms with E-state index in [-0.39, 0.29) is 0 Å². The maximum Gasteiger partial charge on any atom is 0.413 e. The second-order valence-electron chi connectivity index (χ2n) is 4.40. The lowest BCUT2D eigenvalue weighted by atomic mass is 10.2. The van der Waals surface area contributed by atoms with Crippen molar-refractivity contribution in [2.75, 3.05) is 5.32 Å². The van der Waals surface area contributed by atoms with E-state index < -0.39 is 11.7 Å². The molecular formula is C12H15BrN2O2. The summed E-state index contributed by atoms with van der Waals surface area (Å²) in [6.07, 6.45) is 3.00. The number of anilines is 1. The van der Waals surface area contributed by atoms with Gasteiger partial charge in [-0.2, -0.15) is 0 Å². The van der Waals surface area contributed by atoms with E-state index in [2.05, 4.69) is 26.2 Å². The predicted molar refractivity (Wildman–Crippen MR) is 72.1 cm³/mol. The Balaban J connectivity index is 2.60. The van der Waals surface area contributed by atoms with Gasteiger partial charge in [0, 0.05) is 6.20 Å². The standard InChI is InChI=1S/C12H15BrN2O2/c1-12(2,3)17-11(16)15-10-5-4-9(6-7-13)8-14-10/h4-8H,1-3H3,(H,14,15,16)/b7-6+. The molecule has 1 aromatic heterocycles. The number of carbonyl (C=O) groups is 1. The zero-order valence-electron chi connectivity index (χ0n) is 10.0. The largest absolute Gasteiger partial charge is 0.444 e. The van der Waals surface area contributed by atoms with Gasteiger partial charge in [-0.05, 0) is 49.5 Å². The molecule has 0 saturated heterocycles. The Labute approximate surface area is 109 Å². The molecule has 4 nitrogen and oxygen atoms in total. The summed E-state index contributed by atoms with van der Waals surface area (Å²) in [5.74, 6) is 0.464. The van der Waals surface area contributed by atoms with E-state index in [9.17, 15) is 4.79 Å². The van der Waals surface area contributed by atoms with Gasteiger partial charge in [0.25, 0.3) is 0 Å². The van der Waals surface area contributed by atoms with Crippen molar-refractivity contribution in [3.63, 3.8) is 0 Å². The number of nitrogens with one attached hydrogen (secondary N) is 1. The molecule has 1 heterocycles. The molecule has 0 saturated carbocycles. The lowest BCUT2D eigenvalue weighted by Gasteiger charge is -2.19. The van der Waals surface area contributed by atoms with Gasteiger partial charge in [0.05, 0.1) is 0 Å². The van der Waals surface area contributed by atoms with Crippen LogP contribution in [0.2, 0.25) is 0 Å². The van der Waals surface area contributed by atoms with Crippen LogP contribution in [0.4, 0.5) is 10.6 Å². The van der Waals surface area contributed by atoms with E-state index in [0.29, 0.717) is 5.82 Å². The summed E-state index contributed by atoms with van der Waals surface area (Å²) in [5, 5.41) is 2.56. The minimum absolute atomic E-state index is 0.464. The van der Waals surface area contributed by atoms with Crippen LogP contribution >= 0.6 is 15.9 Å². The van der Waals surface area contributed by atoms with Gasteiger partial charge in [-0.1, -0.05) is 15.9 Å². The maximum absolute atomic E-state index is 11.4. The number of rotatable bonds is 2. The van der Waals surface area contributed by atoms with E-state index in [1.165, 1.54) is 0 Å². The molecule has 1 amide bonds. The summed E-state index contributed by atoms with van der Waals surface area (Å²) in [6, 6.07) is 3.56. The number of nitrogens with zero attached hydrogens (tertiary/aromatic N) is 1. The van der Waals surface area contributed by atoms with Crippen LogP contribution in [0, 0.1) is 0 Å². The zero-order valence-corrected chi connectivity index (χ0v) is 11.6. The Morgan fingerprint density at radius 1 is 1.47 bits per heavy atom. The average Bonchev–Trinajstić information content (AvgIpc) is 2.18. The Bertz CT molecular complexity index is 408. The van der Waals surface area contributed by atoms with E-state index in [1.807, 2.05) is 32.9 Å². The lowest BCUT2D eigenvalue weighted by molar-refractivity contribution is 0.0635. The molecule has 92 valence electrons. The van der Waals surface area contributed by atoms with Crippen LogP contribution in [0.25, 0.3) is 6.08 Å². The Hall–Kier alpha value is -1.36. The van der Waals surface area contributed by atoms with Gasteiger partial charge in [-0.3, -0.25) is 5.32 Å². The third-order valence-corrected chi connectivity index (χ3v) is 1.94. The summed E-state index contributed by atoms with van der Waals surface area (Å²) in [7, 11) is 0. The molecule has 0 fully saturated rings. The highest BCUT2D eigenvalue weighted by Crippen LogP contribution is 2.11. The van der Waals surface area contributed by atoms with Gasteiger partial charge in [0.15, 0.2) is 0 Å². The van der Waals surface area contributed by atoms with Crippen LogP contribution in [0.3, 0.4) is 0 Å². The number of ether oxygens (including phenoxy) is 1. The molecule has 5 heteroatoms. The molecule has 0 aliphatic heterocycles. The summed E-state index contributed by atoms with van der Waals surface area (Å²) < 4.78 is 5.11. The van der Waals surface area contributed by atoms with E-state index in [4.69, 9.17) is 4.74 Å². The second kappa shape index (κ2) is 5.82. The van der Waals surface area contributed by atoms with Gasteiger partial charge in [-0.15, -0.1) is 0 Å². The van der Waals surface area contributed by atoms with Gasteiger partial charge in [-0.25, -0.2) is 9.78 Å². The number of hydrogen-bond acceptors (Lipinski definition) is 3. The van der Waals surface area contributed by atoms with Crippen molar-refractivity contribution in [2.24, 2.45) is 0 Å². The highest BCUT2D eigenvalue weighted by Gasteiger charge is 2.16. The topological polar surface area (TPSA) is 51.2 Å². The lowest BCUT2D eigenvalue weighted by Crippen LogP contribution is -2.27. The van der Waals surface area contributed by atoms with Crippen LogP contribution in [0.1, 0.15) is 26.3 Å². The Kier molecular flexibility index (Phi) is 4.69. The van der Waals surface area contributed by atoms with Crippen LogP contribution in [-0.4, -0.2) is 16.7 Å². The fourth-order valence-corrected chi connectivity index (χ4v) is 1.36. The fraction of sp³-hybridized carbons (Fsp3) is 0.333. The molecule has 0 radical (unpaired) electrons. The summed E-state index contributed by atoms with van der Waals surface area (Å²) in [4.78, 5) is 17.3. The molecule has 0 aliphatic carbocycles. The average molecular weight is 299 g/mol. The normalized spacial score (nSPS) is 11.5. The van der Waals surface area contributed by atoms with Gasteiger partial charge in [0.1, 0.15) is 11.4 Å².